The molecule has 9 heteroatoms. The molecule has 0 aliphatic carbocycles. The second-order valence-electron chi connectivity index (χ2n) is 4.02. The van der Waals surface area contributed by atoms with Gasteiger partial charge in [0.05, 0.1) is 7.11 Å². The monoisotopic (exact) mass is 307 g/mol. The van der Waals surface area contributed by atoms with Crippen molar-refractivity contribution in [2.45, 2.75) is 18.0 Å². The Kier molecular flexibility index (Phi) is 4.92. The fourth-order valence-electron chi connectivity index (χ4n) is 1.41. The Labute approximate surface area is 117 Å². The van der Waals surface area contributed by atoms with Gasteiger partial charge in [-0.25, -0.2) is 4.79 Å². The average Bonchev–Trinajstić information content (AvgIpc) is 2.43. The SMILES string of the molecule is COC(=O)C(NC(=O)c1ccccc1)C(O)(O)C(F)(F)F. The number of benzene rings is 1. The van der Waals surface area contributed by atoms with Gasteiger partial charge < -0.3 is 20.3 Å². The van der Waals surface area contributed by atoms with Gasteiger partial charge in [-0.05, 0) is 12.1 Å². The van der Waals surface area contributed by atoms with E-state index in [0.29, 0.717) is 0 Å². The number of carbonyl (C=O) groups is 2. The maximum atomic E-state index is 12.6. The lowest BCUT2D eigenvalue weighted by molar-refractivity contribution is -0.355. The second-order valence-corrected chi connectivity index (χ2v) is 4.02. The van der Waals surface area contributed by atoms with Gasteiger partial charge in [0, 0.05) is 5.56 Å². The number of aliphatic hydroxyl groups is 2. The number of alkyl halides is 3. The number of halogens is 3. The van der Waals surface area contributed by atoms with E-state index in [1.807, 2.05) is 0 Å². The molecule has 1 rings (SSSR count). The van der Waals surface area contributed by atoms with Gasteiger partial charge >= 0.3 is 12.1 Å². The van der Waals surface area contributed by atoms with E-state index in [0.717, 1.165) is 7.11 Å². The van der Waals surface area contributed by atoms with Crippen LogP contribution in [0.2, 0.25) is 0 Å². The Hall–Kier alpha value is -2.13. The second kappa shape index (κ2) is 6.10. The Bertz CT molecular complexity index is 515. The summed E-state index contributed by atoms with van der Waals surface area (Å²) in [7, 11) is 0.746. The summed E-state index contributed by atoms with van der Waals surface area (Å²) >= 11 is 0. The molecule has 0 saturated carbocycles. The number of esters is 1. The van der Waals surface area contributed by atoms with E-state index in [9.17, 15) is 22.8 Å². The highest BCUT2D eigenvalue weighted by Gasteiger charge is 2.61. The van der Waals surface area contributed by atoms with Crippen LogP contribution in [0, 0.1) is 0 Å². The highest BCUT2D eigenvalue weighted by molar-refractivity contribution is 5.97. The molecule has 0 heterocycles. The molecule has 1 aromatic rings. The first-order chi connectivity index (χ1) is 9.61. The molecule has 0 aliphatic rings. The third kappa shape index (κ3) is 3.70. The van der Waals surface area contributed by atoms with Crippen LogP contribution in [0.1, 0.15) is 10.4 Å². The summed E-state index contributed by atoms with van der Waals surface area (Å²) in [6.07, 6.45) is -5.57. The molecule has 0 saturated heterocycles. The first kappa shape index (κ1) is 16.9. The standard InChI is InChI=1S/C12H12F3NO5/c1-21-10(18)8(11(19,20)12(13,14)15)16-9(17)7-5-3-2-4-6-7/h2-6,8,19-20H,1H3,(H,16,17). The first-order valence-electron chi connectivity index (χ1n) is 5.56. The predicted molar refractivity (Wildman–Crippen MR) is 62.9 cm³/mol. The smallest absolute Gasteiger partial charge is 0.445 e. The van der Waals surface area contributed by atoms with Crippen molar-refractivity contribution in [3.05, 3.63) is 35.9 Å². The van der Waals surface area contributed by atoms with E-state index < -0.39 is 29.9 Å². The lowest BCUT2D eigenvalue weighted by Gasteiger charge is -2.31. The molecule has 1 aromatic carbocycles. The zero-order valence-corrected chi connectivity index (χ0v) is 10.7. The molecule has 3 N–H and O–H groups in total. The van der Waals surface area contributed by atoms with Gasteiger partial charge in [0.1, 0.15) is 0 Å². The minimum atomic E-state index is -5.57. The molecule has 0 spiro atoms. The van der Waals surface area contributed by atoms with Crippen molar-refractivity contribution in [2.75, 3.05) is 7.11 Å². The minimum absolute atomic E-state index is 0.0654. The van der Waals surface area contributed by atoms with Crippen molar-refractivity contribution in [3.8, 4) is 0 Å². The van der Waals surface area contributed by atoms with Crippen molar-refractivity contribution < 1.29 is 37.7 Å². The van der Waals surface area contributed by atoms with E-state index in [4.69, 9.17) is 10.2 Å². The molecule has 1 amide bonds. The lowest BCUT2D eigenvalue weighted by Crippen LogP contribution is -2.64. The van der Waals surface area contributed by atoms with Gasteiger partial charge in [-0.3, -0.25) is 4.79 Å². The van der Waals surface area contributed by atoms with E-state index in [1.165, 1.54) is 24.3 Å². The van der Waals surface area contributed by atoms with E-state index in [1.54, 1.807) is 11.4 Å². The van der Waals surface area contributed by atoms with Crippen LogP contribution in [0.4, 0.5) is 13.2 Å². The van der Waals surface area contributed by atoms with Crippen LogP contribution in [0.15, 0.2) is 30.3 Å². The third-order valence-corrected chi connectivity index (χ3v) is 2.57. The van der Waals surface area contributed by atoms with Gasteiger partial charge in [0.2, 0.25) is 0 Å². The number of rotatable bonds is 4. The lowest BCUT2D eigenvalue weighted by atomic mass is 10.1. The Morgan fingerprint density at radius 2 is 1.71 bits per heavy atom. The topological polar surface area (TPSA) is 95.9 Å². The van der Waals surface area contributed by atoms with Crippen molar-refractivity contribution in [3.63, 3.8) is 0 Å². The normalized spacial score (nSPS) is 13.4. The summed E-state index contributed by atoms with van der Waals surface area (Å²) in [5.74, 6) is -7.21. The van der Waals surface area contributed by atoms with E-state index >= 15 is 0 Å². The van der Waals surface area contributed by atoms with Crippen LogP contribution in [-0.2, 0) is 9.53 Å². The third-order valence-electron chi connectivity index (χ3n) is 2.57. The number of hydrogen-bond donors (Lipinski definition) is 3. The van der Waals surface area contributed by atoms with Crippen LogP contribution in [0.3, 0.4) is 0 Å². The van der Waals surface area contributed by atoms with Crippen LogP contribution >= 0.6 is 0 Å². The molecule has 0 bridgehead atoms. The summed E-state index contributed by atoms with van der Waals surface area (Å²) in [6.45, 7) is 0. The first-order valence-corrected chi connectivity index (χ1v) is 5.56. The molecule has 21 heavy (non-hydrogen) atoms. The summed E-state index contributed by atoms with van der Waals surface area (Å²) in [4.78, 5) is 23.1. The van der Waals surface area contributed by atoms with Crippen LogP contribution in [0.25, 0.3) is 0 Å². The summed E-state index contributed by atoms with van der Waals surface area (Å²) in [5, 5.41) is 19.8. The molecular weight excluding hydrogens is 295 g/mol. The number of nitrogens with one attached hydrogen (secondary N) is 1. The molecule has 116 valence electrons. The van der Waals surface area contributed by atoms with Crippen LogP contribution in [0.5, 0.6) is 0 Å². The van der Waals surface area contributed by atoms with Gasteiger partial charge in [-0.2, -0.15) is 13.2 Å². The van der Waals surface area contributed by atoms with Crippen LogP contribution in [-0.4, -0.2) is 47.2 Å². The van der Waals surface area contributed by atoms with Gasteiger partial charge in [-0.1, -0.05) is 18.2 Å². The number of carbonyl (C=O) groups excluding carboxylic acids is 2. The summed E-state index contributed by atoms with van der Waals surface area (Å²) in [5.41, 5.74) is -0.0654. The Morgan fingerprint density at radius 1 is 1.19 bits per heavy atom. The van der Waals surface area contributed by atoms with Gasteiger partial charge in [0.15, 0.2) is 6.04 Å². The zero-order chi connectivity index (χ0) is 16.3. The zero-order valence-electron chi connectivity index (χ0n) is 10.7. The molecule has 0 aliphatic heterocycles. The fourth-order valence-corrected chi connectivity index (χ4v) is 1.41. The molecule has 0 fully saturated rings. The Morgan fingerprint density at radius 3 is 2.14 bits per heavy atom. The van der Waals surface area contributed by atoms with Crippen molar-refractivity contribution in [1.29, 1.82) is 0 Å². The molecule has 1 unspecified atom stereocenters. The van der Waals surface area contributed by atoms with E-state index in [2.05, 4.69) is 4.74 Å². The van der Waals surface area contributed by atoms with Crippen molar-refractivity contribution in [2.24, 2.45) is 0 Å². The number of methoxy groups -OCH3 is 1. The summed E-state index contributed by atoms with van der Waals surface area (Å²) in [6, 6.07) is 4.26. The van der Waals surface area contributed by atoms with Crippen molar-refractivity contribution in [1.82, 2.24) is 5.32 Å². The fraction of sp³-hybridized carbons (Fsp3) is 0.333. The average molecular weight is 307 g/mol. The molecule has 1 atom stereocenters. The maximum Gasteiger partial charge on any atom is 0.445 e. The predicted octanol–water partition coefficient (Wildman–Crippen LogP) is 0.201. The van der Waals surface area contributed by atoms with E-state index in [-0.39, 0.29) is 5.56 Å². The summed E-state index contributed by atoms with van der Waals surface area (Å²) < 4.78 is 41.8. The number of amides is 1. The number of ether oxygens (including phenoxy) is 1. The largest absolute Gasteiger partial charge is 0.467 e. The quantitative estimate of drug-likeness (QED) is 0.545. The highest BCUT2D eigenvalue weighted by atomic mass is 19.4. The van der Waals surface area contributed by atoms with Crippen molar-refractivity contribution >= 4 is 11.9 Å². The molecule has 0 radical (unpaired) electrons. The number of hydrogen-bond acceptors (Lipinski definition) is 5. The van der Waals surface area contributed by atoms with Gasteiger partial charge in [0.25, 0.3) is 11.7 Å². The molecular formula is C12H12F3NO5. The minimum Gasteiger partial charge on any atom is -0.467 e. The van der Waals surface area contributed by atoms with Crippen LogP contribution < -0.4 is 5.32 Å². The highest BCUT2D eigenvalue weighted by Crippen LogP contribution is 2.31. The molecule has 6 nitrogen and oxygen atoms in total. The maximum absolute atomic E-state index is 12.6. The Balaban J connectivity index is 3.06. The van der Waals surface area contributed by atoms with Gasteiger partial charge in [-0.15, -0.1) is 0 Å². The molecule has 0 aromatic heterocycles.